The highest BCUT2D eigenvalue weighted by molar-refractivity contribution is 5.99. The fourth-order valence-electron chi connectivity index (χ4n) is 1.70. The van der Waals surface area contributed by atoms with Crippen LogP contribution >= 0.6 is 0 Å². The molecule has 3 N–H and O–H groups in total. The molecule has 0 radical (unpaired) electrons. The SMILES string of the molecule is CC(C)(C)n1cc(NC(=O)Nc2cnn(CCO)c2)cn1. The molecule has 0 saturated heterocycles. The summed E-state index contributed by atoms with van der Waals surface area (Å²) in [6.07, 6.45) is 6.54. The Bertz CT molecular complexity index is 610. The summed E-state index contributed by atoms with van der Waals surface area (Å²) in [7, 11) is 0. The topological polar surface area (TPSA) is 97.0 Å². The van der Waals surface area contributed by atoms with Crippen molar-refractivity contribution in [3.8, 4) is 0 Å². The third-order valence-electron chi connectivity index (χ3n) is 2.75. The molecule has 21 heavy (non-hydrogen) atoms. The zero-order valence-corrected chi connectivity index (χ0v) is 12.4. The average Bonchev–Trinajstić information content (AvgIpc) is 2.98. The highest BCUT2D eigenvalue weighted by Gasteiger charge is 2.14. The van der Waals surface area contributed by atoms with E-state index in [-0.39, 0.29) is 18.2 Å². The molecule has 0 fully saturated rings. The molecular formula is C13H20N6O2. The molecular weight excluding hydrogens is 272 g/mol. The predicted octanol–water partition coefficient (Wildman–Crippen LogP) is 1.47. The van der Waals surface area contributed by atoms with Gasteiger partial charge in [0.05, 0.1) is 42.5 Å². The average molecular weight is 292 g/mol. The molecule has 2 aromatic rings. The largest absolute Gasteiger partial charge is 0.394 e. The van der Waals surface area contributed by atoms with Gasteiger partial charge in [-0.05, 0) is 20.8 Å². The summed E-state index contributed by atoms with van der Waals surface area (Å²) in [5, 5.41) is 22.4. The zero-order chi connectivity index (χ0) is 15.5. The van der Waals surface area contributed by atoms with Gasteiger partial charge in [0.15, 0.2) is 0 Å². The van der Waals surface area contributed by atoms with Crippen LogP contribution in [0.25, 0.3) is 0 Å². The van der Waals surface area contributed by atoms with Crippen LogP contribution in [0.15, 0.2) is 24.8 Å². The van der Waals surface area contributed by atoms with Gasteiger partial charge >= 0.3 is 6.03 Å². The van der Waals surface area contributed by atoms with Crippen LogP contribution < -0.4 is 10.6 Å². The number of carbonyl (C=O) groups excluding carboxylic acids is 1. The van der Waals surface area contributed by atoms with Gasteiger partial charge in [-0.25, -0.2) is 4.79 Å². The van der Waals surface area contributed by atoms with Crippen molar-refractivity contribution < 1.29 is 9.90 Å². The predicted molar refractivity (Wildman–Crippen MR) is 79.2 cm³/mol. The molecule has 0 aliphatic rings. The zero-order valence-electron chi connectivity index (χ0n) is 12.4. The summed E-state index contributed by atoms with van der Waals surface area (Å²) in [4.78, 5) is 11.9. The van der Waals surface area contributed by atoms with E-state index < -0.39 is 0 Å². The molecule has 2 aromatic heterocycles. The number of aliphatic hydroxyl groups is 1. The van der Waals surface area contributed by atoms with Gasteiger partial charge in [-0.15, -0.1) is 0 Å². The highest BCUT2D eigenvalue weighted by atomic mass is 16.3. The van der Waals surface area contributed by atoms with Crippen molar-refractivity contribution in [2.24, 2.45) is 0 Å². The maximum absolute atomic E-state index is 11.9. The number of nitrogens with zero attached hydrogens (tertiary/aromatic N) is 4. The van der Waals surface area contributed by atoms with Gasteiger partial charge in [-0.3, -0.25) is 9.36 Å². The smallest absolute Gasteiger partial charge is 0.323 e. The molecule has 2 amide bonds. The van der Waals surface area contributed by atoms with E-state index in [1.807, 2.05) is 20.8 Å². The molecule has 0 unspecified atom stereocenters. The number of amides is 2. The molecule has 0 aliphatic heterocycles. The van der Waals surface area contributed by atoms with Crippen LogP contribution in [0.4, 0.5) is 16.2 Å². The van der Waals surface area contributed by atoms with Gasteiger partial charge in [0.25, 0.3) is 0 Å². The van der Waals surface area contributed by atoms with E-state index in [0.29, 0.717) is 17.9 Å². The van der Waals surface area contributed by atoms with Crippen molar-refractivity contribution in [2.75, 3.05) is 17.2 Å². The third-order valence-corrected chi connectivity index (χ3v) is 2.75. The Hall–Kier alpha value is -2.35. The molecule has 0 atom stereocenters. The second-order valence-electron chi connectivity index (χ2n) is 5.64. The standard InChI is InChI=1S/C13H20N6O2/c1-13(2,3)19-9-11(7-15-19)17-12(21)16-10-6-14-18(8-10)4-5-20/h6-9,20H,4-5H2,1-3H3,(H2,16,17,21). The second kappa shape index (κ2) is 5.96. The molecule has 0 aromatic carbocycles. The van der Waals surface area contributed by atoms with Crippen molar-refractivity contribution >= 4 is 17.4 Å². The molecule has 2 heterocycles. The first kappa shape index (κ1) is 15.0. The lowest BCUT2D eigenvalue weighted by molar-refractivity contribution is 0.262. The van der Waals surface area contributed by atoms with E-state index in [9.17, 15) is 4.79 Å². The van der Waals surface area contributed by atoms with Crippen molar-refractivity contribution in [3.05, 3.63) is 24.8 Å². The van der Waals surface area contributed by atoms with Crippen LogP contribution in [0.1, 0.15) is 20.8 Å². The minimum absolute atomic E-state index is 0.000690. The lowest BCUT2D eigenvalue weighted by atomic mass is 10.1. The van der Waals surface area contributed by atoms with Crippen molar-refractivity contribution in [3.63, 3.8) is 0 Å². The van der Waals surface area contributed by atoms with Crippen molar-refractivity contribution in [1.29, 1.82) is 0 Å². The summed E-state index contributed by atoms with van der Waals surface area (Å²) in [5.41, 5.74) is 1.04. The van der Waals surface area contributed by atoms with Gasteiger partial charge in [-0.2, -0.15) is 10.2 Å². The van der Waals surface area contributed by atoms with Crippen LogP contribution in [-0.2, 0) is 12.1 Å². The van der Waals surface area contributed by atoms with E-state index in [0.717, 1.165) is 0 Å². The molecule has 0 bridgehead atoms. The first-order valence-corrected chi connectivity index (χ1v) is 6.65. The summed E-state index contributed by atoms with van der Waals surface area (Å²) in [6.45, 7) is 6.47. The highest BCUT2D eigenvalue weighted by Crippen LogP contribution is 2.16. The summed E-state index contributed by atoms with van der Waals surface area (Å²) in [5.74, 6) is 0. The maximum atomic E-state index is 11.9. The number of anilines is 2. The minimum atomic E-state index is -0.369. The van der Waals surface area contributed by atoms with E-state index in [1.54, 1.807) is 28.0 Å². The van der Waals surface area contributed by atoms with E-state index >= 15 is 0 Å². The van der Waals surface area contributed by atoms with Crippen LogP contribution in [0, 0.1) is 0 Å². The van der Waals surface area contributed by atoms with Gasteiger partial charge in [-0.1, -0.05) is 0 Å². The quantitative estimate of drug-likeness (QED) is 0.795. The molecule has 2 rings (SSSR count). The number of carbonyl (C=O) groups is 1. The summed E-state index contributed by atoms with van der Waals surface area (Å²) >= 11 is 0. The van der Waals surface area contributed by atoms with Gasteiger partial charge in [0, 0.05) is 12.4 Å². The number of aliphatic hydroxyl groups excluding tert-OH is 1. The fraction of sp³-hybridized carbons (Fsp3) is 0.462. The molecule has 8 heteroatoms. The first-order valence-electron chi connectivity index (χ1n) is 6.65. The Labute approximate surface area is 122 Å². The molecule has 0 aliphatic carbocycles. The van der Waals surface area contributed by atoms with E-state index in [4.69, 9.17) is 5.11 Å². The monoisotopic (exact) mass is 292 g/mol. The second-order valence-corrected chi connectivity index (χ2v) is 5.64. The number of hydrogen-bond acceptors (Lipinski definition) is 4. The molecule has 0 spiro atoms. The lowest BCUT2D eigenvalue weighted by Gasteiger charge is -2.18. The molecule has 0 saturated carbocycles. The summed E-state index contributed by atoms with van der Waals surface area (Å²) < 4.78 is 3.33. The number of urea groups is 1. The Morgan fingerprint density at radius 1 is 1.19 bits per heavy atom. The van der Waals surface area contributed by atoms with Crippen LogP contribution in [0.5, 0.6) is 0 Å². The normalized spacial score (nSPS) is 11.4. The third kappa shape index (κ3) is 4.06. The number of nitrogens with one attached hydrogen (secondary N) is 2. The van der Waals surface area contributed by atoms with Gasteiger partial charge in [0.2, 0.25) is 0 Å². The minimum Gasteiger partial charge on any atom is -0.394 e. The van der Waals surface area contributed by atoms with Crippen LogP contribution in [0.2, 0.25) is 0 Å². The van der Waals surface area contributed by atoms with Crippen LogP contribution in [0.3, 0.4) is 0 Å². The molecule has 8 nitrogen and oxygen atoms in total. The van der Waals surface area contributed by atoms with Gasteiger partial charge in [0.1, 0.15) is 0 Å². The number of hydrogen-bond donors (Lipinski definition) is 3. The number of rotatable bonds is 4. The van der Waals surface area contributed by atoms with Crippen molar-refractivity contribution in [2.45, 2.75) is 32.9 Å². The Morgan fingerprint density at radius 2 is 1.81 bits per heavy atom. The Kier molecular flexibility index (Phi) is 4.27. The Balaban J connectivity index is 1.93. The fourth-order valence-corrected chi connectivity index (χ4v) is 1.70. The van der Waals surface area contributed by atoms with Gasteiger partial charge < -0.3 is 15.7 Å². The first-order chi connectivity index (χ1) is 9.88. The van der Waals surface area contributed by atoms with Crippen LogP contribution in [-0.4, -0.2) is 37.3 Å². The number of aromatic nitrogens is 4. The van der Waals surface area contributed by atoms with Crippen molar-refractivity contribution in [1.82, 2.24) is 19.6 Å². The maximum Gasteiger partial charge on any atom is 0.323 e. The summed E-state index contributed by atoms with van der Waals surface area (Å²) in [6, 6.07) is -0.369. The van der Waals surface area contributed by atoms with E-state index in [1.165, 1.54) is 6.20 Å². The lowest BCUT2D eigenvalue weighted by Crippen LogP contribution is -2.22. The molecule has 114 valence electrons. The van der Waals surface area contributed by atoms with E-state index in [2.05, 4.69) is 20.8 Å². The Morgan fingerprint density at radius 3 is 2.38 bits per heavy atom.